The molecule has 0 unspecified atom stereocenters. The molecule has 0 spiro atoms. The fraction of sp³-hybridized carbons (Fsp3) is 0.545. The van der Waals surface area contributed by atoms with E-state index in [2.05, 4.69) is 10.4 Å². The third-order valence-electron chi connectivity index (χ3n) is 2.68. The third-order valence-corrected chi connectivity index (χ3v) is 4.83. The summed E-state index contributed by atoms with van der Waals surface area (Å²) in [5, 5.41) is 0.122. The maximum atomic E-state index is 12.6. The van der Waals surface area contributed by atoms with Crippen molar-refractivity contribution >= 4 is 27.4 Å². The second-order valence-electron chi connectivity index (χ2n) is 4.04. The molecule has 0 saturated carbocycles. The zero-order valence-corrected chi connectivity index (χ0v) is 13.4. The first-order chi connectivity index (χ1) is 9.97. The first-order valence-electron chi connectivity index (χ1n) is 6.07. The zero-order valence-electron chi connectivity index (χ0n) is 11.9. The molecule has 1 aromatic rings. The molecule has 1 rings (SSSR count). The minimum absolute atomic E-state index is 0.0151. The summed E-state index contributed by atoms with van der Waals surface area (Å²) in [5.74, 6) is 5.42. The third kappa shape index (κ3) is 4.77. The molecule has 0 aliphatic rings. The van der Waals surface area contributed by atoms with Crippen LogP contribution in [0.2, 0.25) is 5.02 Å². The van der Waals surface area contributed by atoms with Gasteiger partial charge in [-0.3, -0.25) is 0 Å². The summed E-state index contributed by atoms with van der Waals surface area (Å²) >= 11 is 5.91. The van der Waals surface area contributed by atoms with Crippen LogP contribution in [-0.2, 0) is 19.5 Å². The first kappa shape index (κ1) is 18.1. The Bertz CT molecular complexity index is 547. The first-order valence-corrected chi connectivity index (χ1v) is 7.89. The SMILES string of the molecule is COCCN(CCOC)S(=O)(=O)c1cnc(NN)c(Cl)c1. The van der Waals surface area contributed by atoms with Crippen molar-refractivity contribution in [1.29, 1.82) is 0 Å². The molecule has 0 saturated heterocycles. The zero-order chi connectivity index (χ0) is 15.9. The van der Waals surface area contributed by atoms with Crippen LogP contribution in [0.3, 0.4) is 0 Å². The topological polar surface area (TPSA) is 107 Å². The molecule has 1 heterocycles. The molecule has 0 radical (unpaired) electrons. The van der Waals surface area contributed by atoms with Gasteiger partial charge in [-0.25, -0.2) is 19.2 Å². The van der Waals surface area contributed by atoms with Crippen molar-refractivity contribution < 1.29 is 17.9 Å². The molecule has 0 amide bonds. The normalized spacial score (nSPS) is 11.9. The number of anilines is 1. The predicted molar refractivity (Wildman–Crippen MR) is 79.6 cm³/mol. The summed E-state index contributed by atoms with van der Waals surface area (Å²) in [7, 11) is -0.733. The highest BCUT2D eigenvalue weighted by molar-refractivity contribution is 7.89. The Balaban J connectivity index is 3.06. The summed E-state index contributed by atoms with van der Waals surface area (Å²) in [6, 6.07) is 1.30. The Morgan fingerprint density at radius 3 is 2.33 bits per heavy atom. The summed E-state index contributed by atoms with van der Waals surface area (Å²) in [4.78, 5) is 3.85. The second-order valence-corrected chi connectivity index (χ2v) is 6.38. The van der Waals surface area contributed by atoms with E-state index in [1.54, 1.807) is 0 Å². The molecule has 8 nitrogen and oxygen atoms in total. The largest absolute Gasteiger partial charge is 0.383 e. The fourth-order valence-corrected chi connectivity index (χ4v) is 3.22. The van der Waals surface area contributed by atoms with E-state index in [1.807, 2.05) is 0 Å². The summed E-state index contributed by atoms with van der Waals surface area (Å²) in [6.07, 6.45) is 1.20. The van der Waals surface area contributed by atoms with Gasteiger partial charge in [0.1, 0.15) is 4.90 Å². The van der Waals surface area contributed by atoms with Crippen molar-refractivity contribution in [1.82, 2.24) is 9.29 Å². The van der Waals surface area contributed by atoms with E-state index in [1.165, 1.54) is 30.8 Å². The van der Waals surface area contributed by atoms with Gasteiger partial charge in [-0.2, -0.15) is 4.31 Å². The van der Waals surface area contributed by atoms with Gasteiger partial charge in [0.15, 0.2) is 5.82 Å². The van der Waals surface area contributed by atoms with Gasteiger partial charge in [-0.05, 0) is 6.07 Å². The maximum absolute atomic E-state index is 12.6. The number of rotatable bonds is 9. The Kier molecular flexibility index (Phi) is 7.29. The van der Waals surface area contributed by atoms with Crippen molar-refractivity contribution in [3.63, 3.8) is 0 Å². The predicted octanol–water partition coefficient (Wildman–Crippen LogP) is 0.304. The number of hydrazine groups is 1. The van der Waals surface area contributed by atoms with Crippen LogP contribution in [-0.4, -0.2) is 58.2 Å². The van der Waals surface area contributed by atoms with Crippen molar-refractivity contribution in [2.75, 3.05) is 45.9 Å². The quantitative estimate of drug-likeness (QED) is 0.492. The molecule has 10 heteroatoms. The molecular formula is C11H19ClN4O4S. The number of halogens is 1. The van der Waals surface area contributed by atoms with Gasteiger partial charge in [0.2, 0.25) is 10.0 Å². The monoisotopic (exact) mass is 338 g/mol. The highest BCUT2D eigenvalue weighted by atomic mass is 35.5. The Labute approximate surface area is 129 Å². The van der Waals surface area contributed by atoms with Crippen LogP contribution in [0.25, 0.3) is 0 Å². The van der Waals surface area contributed by atoms with Crippen molar-refractivity contribution in [3.8, 4) is 0 Å². The van der Waals surface area contributed by atoms with Gasteiger partial charge < -0.3 is 14.9 Å². The molecule has 1 aromatic heterocycles. The van der Waals surface area contributed by atoms with Crippen LogP contribution in [0.4, 0.5) is 5.82 Å². The number of ether oxygens (including phenoxy) is 2. The standard InChI is InChI=1S/C11H19ClN4O4S/c1-19-5-3-16(4-6-20-2)21(17,18)9-7-10(12)11(15-13)14-8-9/h7-8H,3-6,13H2,1-2H3,(H,14,15). The van der Waals surface area contributed by atoms with Crippen molar-refractivity contribution in [2.45, 2.75) is 4.90 Å². The molecule has 0 atom stereocenters. The number of sulfonamides is 1. The number of nitrogens with zero attached hydrogens (tertiary/aromatic N) is 2. The van der Waals surface area contributed by atoms with Crippen LogP contribution >= 0.6 is 11.6 Å². The minimum atomic E-state index is -3.74. The number of methoxy groups -OCH3 is 2. The number of aromatic nitrogens is 1. The lowest BCUT2D eigenvalue weighted by atomic mass is 10.5. The van der Waals surface area contributed by atoms with E-state index < -0.39 is 10.0 Å². The lowest BCUT2D eigenvalue weighted by Crippen LogP contribution is -2.36. The van der Waals surface area contributed by atoms with Gasteiger partial charge >= 0.3 is 0 Å². The molecule has 0 fully saturated rings. The smallest absolute Gasteiger partial charge is 0.244 e. The number of pyridine rings is 1. The minimum Gasteiger partial charge on any atom is -0.383 e. The maximum Gasteiger partial charge on any atom is 0.244 e. The number of nitrogens with one attached hydrogen (secondary N) is 1. The fourth-order valence-electron chi connectivity index (χ4n) is 1.56. The van der Waals surface area contributed by atoms with E-state index in [9.17, 15) is 8.42 Å². The summed E-state index contributed by atoms with van der Waals surface area (Å²) in [6.45, 7) is 0.951. The highest BCUT2D eigenvalue weighted by Crippen LogP contribution is 2.23. The Hall–Kier alpha value is -0.970. The van der Waals surface area contributed by atoms with Gasteiger partial charge in [0, 0.05) is 33.5 Å². The Morgan fingerprint density at radius 2 is 1.90 bits per heavy atom. The highest BCUT2D eigenvalue weighted by Gasteiger charge is 2.25. The second kappa shape index (κ2) is 8.47. The van der Waals surface area contributed by atoms with Crippen LogP contribution in [0, 0.1) is 0 Å². The van der Waals surface area contributed by atoms with Gasteiger partial charge in [0.05, 0.1) is 18.2 Å². The average molecular weight is 339 g/mol. The molecule has 21 heavy (non-hydrogen) atoms. The lowest BCUT2D eigenvalue weighted by Gasteiger charge is -2.21. The number of hydrogen-bond acceptors (Lipinski definition) is 7. The van der Waals surface area contributed by atoms with Gasteiger partial charge in [0.25, 0.3) is 0 Å². The van der Waals surface area contributed by atoms with E-state index in [0.29, 0.717) is 0 Å². The molecule has 0 aliphatic carbocycles. The van der Waals surface area contributed by atoms with Gasteiger partial charge in [-0.15, -0.1) is 0 Å². The van der Waals surface area contributed by atoms with E-state index >= 15 is 0 Å². The number of hydrogen-bond donors (Lipinski definition) is 2. The summed E-state index contributed by atoms with van der Waals surface area (Å²) < 4.78 is 36.2. The average Bonchev–Trinajstić information content (AvgIpc) is 2.47. The molecule has 3 N–H and O–H groups in total. The lowest BCUT2D eigenvalue weighted by molar-refractivity contribution is 0.150. The van der Waals surface area contributed by atoms with Crippen molar-refractivity contribution in [2.24, 2.45) is 5.84 Å². The molecular weight excluding hydrogens is 320 g/mol. The molecule has 120 valence electrons. The molecule has 0 aliphatic heterocycles. The Morgan fingerprint density at radius 1 is 1.33 bits per heavy atom. The van der Waals surface area contributed by atoms with Crippen LogP contribution in [0.1, 0.15) is 0 Å². The van der Waals surface area contributed by atoms with Crippen molar-refractivity contribution in [3.05, 3.63) is 17.3 Å². The number of nitrogen functional groups attached to an aromatic ring is 1. The number of nitrogens with two attached hydrogens (primary N) is 1. The van der Waals surface area contributed by atoms with E-state index in [-0.39, 0.29) is 42.0 Å². The van der Waals surface area contributed by atoms with E-state index in [4.69, 9.17) is 26.9 Å². The van der Waals surface area contributed by atoms with Gasteiger partial charge in [-0.1, -0.05) is 11.6 Å². The summed E-state index contributed by atoms with van der Waals surface area (Å²) in [5.41, 5.74) is 2.28. The van der Waals surface area contributed by atoms with Crippen LogP contribution in [0.15, 0.2) is 17.2 Å². The van der Waals surface area contributed by atoms with Crippen LogP contribution in [0.5, 0.6) is 0 Å². The molecule has 0 bridgehead atoms. The van der Waals surface area contributed by atoms with E-state index in [0.717, 1.165) is 0 Å². The van der Waals surface area contributed by atoms with Crippen LogP contribution < -0.4 is 11.3 Å². The molecule has 0 aromatic carbocycles.